The molecule has 1 saturated heterocycles. The van der Waals surface area contributed by atoms with Gasteiger partial charge in [-0.3, -0.25) is 0 Å². The fraction of sp³-hybridized carbons (Fsp3) is 0.423. The molecular weight excluding hydrogens is 461 g/mol. The van der Waals surface area contributed by atoms with Gasteiger partial charge < -0.3 is 29.4 Å². The normalized spacial score (nSPS) is 17.9. The van der Waals surface area contributed by atoms with E-state index >= 15 is 0 Å². The summed E-state index contributed by atoms with van der Waals surface area (Å²) in [7, 11) is 2.09. The van der Waals surface area contributed by atoms with Crippen LogP contribution in [-0.4, -0.2) is 72.5 Å². The summed E-state index contributed by atoms with van der Waals surface area (Å²) in [6, 6.07) is 7.01. The van der Waals surface area contributed by atoms with E-state index in [0.717, 1.165) is 61.3 Å². The van der Waals surface area contributed by atoms with Gasteiger partial charge in [0, 0.05) is 66.9 Å². The van der Waals surface area contributed by atoms with Crippen LogP contribution in [-0.2, 0) is 0 Å². The Labute approximate surface area is 209 Å². The standard InChI is InChI=1S/C26H32FN7O2/c1-17-11-19-12-23(20(27)13-21(19)30-17)35-16-29-25(34-9-7-33(3)8-10-34)15-24(28-2)31-26-14-22(32-36-26)18-5-4-6-18/h11-15,18,30-31H,2,4-10,16H2,1,3H3/b24-15+,29-25+. The molecule has 0 amide bonds. The van der Waals surface area contributed by atoms with Gasteiger partial charge in [0.05, 0.1) is 5.69 Å². The molecule has 3 heterocycles. The number of halogens is 1. The van der Waals surface area contributed by atoms with Crippen molar-refractivity contribution in [3.05, 3.63) is 53.4 Å². The number of fused-ring (bicyclic) bond motifs is 1. The second-order valence-electron chi connectivity index (χ2n) is 9.46. The van der Waals surface area contributed by atoms with Gasteiger partial charge in [-0.2, -0.15) is 0 Å². The molecule has 190 valence electrons. The number of amidine groups is 1. The monoisotopic (exact) mass is 493 g/mol. The van der Waals surface area contributed by atoms with Crippen molar-refractivity contribution in [3.63, 3.8) is 0 Å². The smallest absolute Gasteiger partial charge is 0.230 e. The van der Waals surface area contributed by atoms with Crippen LogP contribution in [0.2, 0.25) is 0 Å². The van der Waals surface area contributed by atoms with Gasteiger partial charge in [0.25, 0.3) is 0 Å². The Morgan fingerprint density at radius 3 is 2.81 bits per heavy atom. The number of likely N-dealkylation sites (N-methyl/N-ethyl adjacent to an activating group) is 1. The zero-order valence-electron chi connectivity index (χ0n) is 20.8. The third-order valence-corrected chi connectivity index (χ3v) is 6.82. The summed E-state index contributed by atoms with van der Waals surface area (Å²) < 4.78 is 25.8. The van der Waals surface area contributed by atoms with Crippen LogP contribution in [0.1, 0.15) is 36.6 Å². The van der Waals surface area contributed by atoms with Crippen LogP contribution in [0.15, 0.2) is 50.7 Å². The Balaban J connectivity index is 1.33. The summed E-state index contributed by atoms with van der Waals surface area (Å²) >= 11 is 0. The van der Waals surface area contributed by atoms with E-state index in [4.69, 9.17) is 9.26 Å². The van der Waals surface area contributed by atoms with Crippen molar-refractivity contribution in [1.82, 2.24) is 19.9 Å². The predicted molar refractivity (Wildman–Crippen MR) is 139 cm³/mol. The van der Waals surface area contributed by atoms with Crippen LogP contribution in [0.5, 0.6) is 5.75 Å². The van der Waals surface area contributed by atoms with E-state index in [2.05, 4.69) is 49.0 Å². The first-order chi connectivity index (χ1) is 17.5. The topological polar surface area (TPSA) is 94.3 Å². The Hall–Kier alpha value is -3.66. The highest BCUT2D eigenvalue weighted by Crippen LogP contribution is 2.36. The summed E-state index contributed by atoms with van der Waals surface area (Å²) in [6.45, 7) is 9.00. The summed E-state index contributed by atoms with van der Waals surface area (Å²) in [5, 5.41) is 8.23. The lowest BCUT2D eigenvalue weighted by atomic mass is 9.83. The molecule has 0 unspecified atom stereocenters. The third-order valence-electron chi connectivity index (χ3n) is 6.82. The Kier molecular flexibility index (Phi) is 7.04. The molecule has 9 nitrogen and oxygen atoms in total. The number of H-pyrrole nitrogens is 1. The van der Waals surface area contributed by atoms with Gasteiger partial charge in [0.2, 0.25) is 5.88 Å². The number of aromatic nitrogens is 2. The van der Waals surface area contributed by atoms with Crippen LogP contribution in [0.25, 0.3) is 10.9 Å². The van der Waals surface area contributed by atoms with E-state index in [0.29, 0.717) is 23.5 Å². The number of nitrogens with zero attached hydrogens (tertiary/aromatic N) is 5. The minimum atomic E-state index is -0.432. The van der Waals surface area contributed by atoms with Crippen molar-refractivity contribution < 1.29 is 13.7 Å². The van der Waals surface area contributed by atoms with E-state index in [1.165, 1.54) is 12.5 Å². The number of nitrogens with one attached hydrogen (secondary N) is 2. The number of benzene rings is 1. The van der Waals surface area contributed by atoms with Gasteiger partial charge in [0.15, 0.2) is 18.3 Å². The van der Waals surface area contributed by atoms with E-state index in [1.807, 2.05) is 25.1 Å². The number of hydrogen-bond donors (Lipinski definition) is 2. The molecule has 0 spiro atoms. The summed E-state index contributed by atoms with van der Waals surface area (Å²) in [5.41, 5.74) is 2.67. The highest BCUT2D eigenvalue weighted by atomic mass is 19.1. The van der Waals surface area contributed by atoms with Crippen LogP contribution in [0.3, 0.4) is 0 Å². The number of hydrogen-bond acceptors (Lipinski definition) is 7. The largest absolute Gasteiger partial charge is 0.468 e. The van der Waals surface area contributed by atoms with Gasteiger partial charge in [0.1, 0.15) is 11.7 Å². The average Bonchev–Trinajstić information content (AvgIpc) is 3.42. The molecule has 5 rings (SSSR count). The number of aliphatic imine (C=N–C) groups is 2. The highest BCUT2D eigenvalue weighted by molar-refractivity contribution is 5.94. The van der Waals surface area contributed by atoms with Crippen LogP contribution in [0, 0.1) is 12.7 Å². The van der Waals surface area contributed by atoms with E-state index in [9.17, 15) is 4.39 Å². The third kappa shape index (κ3) is 5.43. The molecule has 2 fully saturated rings. The van der Waals surface area contributed by atoms with Gasteiger partial charge in [-0.05, 0) is 45.7 Å². The molecule has 1 saturated carbocycles. The van der Waals surface area contributed by atoms with Crippen LogP contribution in [0.4, 0.5) is 10.3 Å². The van der Waals surface area contributed by atoms with Crippen molar-refractivity contribution >= 4 is 29.3 Å². The summed E-state index contributed by atoms with van der Waals surface area (Å²) in [5.74, 6) is 1.89. The summed E-state index contributed by atoms with van der Waals surface area (Å²) in [6.07, 6.45) is 5.33. The first-order valence-electron chi connectivity index (χ1n) is 12.3. The minimum Gasteiger partial charge on any atom is -0.468 e. The van der Waals surface area contributed by atoms with E-state index < -0.39 is 5.82 Å². The van der Waals surface area contributed by atoms with Crippen molar-refractivity contribution in [2.45, 2.75) is 32.1 Å². The number of rotatable bonds is 8. The first-order valence-corrected chi connectivity index (χ1v) is 12.3. The fourth-order valence-electron chi connectivity index (χ4n) is 4.44. The van der Waals surface area contributed by atoms with E-state index in [1.54, 1.807) is 6.07 Å². The molecule has 10 heteroatoms. The van der Waals surface area contributed by atoms with Crippen LogP contribution >= 0.6 is 0 Å². The second-order valence-corrected chi connectivity index (χ2v) is 9.46. The molecule has 0 bridgehead atoms. The number of aryl methyl sites for hydroxylation is 1. The average molecular weight is 494 g/mol. The maximum Gasteiger partial charge on any atom is 0.230 e. The number of anilines is 1. The SMILES string of the molecule is C=N/C(=C\C(=N/COc1cc2cc(C)[nH]c2cc1F)N1CCN(C)CC1)Nc1cc(C2CCC2)no1. The fourth-order valence-corrected chi connectivity index (χ4v) is 4.44. The van der Waals surface area contributed by atoms with Crippen molar-refractivity contribution in [1.29, 1.82) is 0 Å². The lowest BCUT2D eigenvalue weighted by Crippen LogP contribution is -2.47. The summed E-state index contributed by atoms with van der Waals surface area (Å²) in [4.78, 5) is 16.3. The Morgan fingerprint density at radius 2 is 2.08 bits per heavy atom. The molecule has 2 aromatic heterocycles. The molecular formula is C26H32FN7O2. The number of aromatic amines is 1. The zero-order valence-corrected chi connectivity index (χ0v) is 20.8. The molecule has 1 aliphatic heterocycles. The Bertz CT molecular complexity index is 1280. The van der Waals surface area contributed by atoms with Gasteiger partial charge in [-0.1, -0.05) is 11.6 Å². The second kappa shape index (κ2) is 10.5. The molecule has 36 heavy (non-hydrogen) atoms. The first kappa shape index (κ1) is 24.1. The van der Waals surface area contributed by atoms with Crippen molar-refractivity contribution in [3.8, 4) is 5.75 Å². The predicted octanol–water partition coefficient (Wildman–Crippen LogP) is 4.51. The molecule has 1 aromatic carbocycles. The Morgan fingerprint density at radius 1 is 1.28 bits per heavy atom. The number of piperazine rings is 1. The van der Waals surface area contributed by atoms with Crippen molar-refractivity contribution in [2.24, 2.45) is 9.98 Å². The highest BCUT2D eigenvalue weighted by Gasteiger charge is 2.23. The molecule has 2 aliphatic rings. The van der Waals surface area contributed by atoms with Gasteiger partial charge in [-0.15, -0.1) is 0 Å². The molecule has 0 radical (unpaired) electrons. The lowest BCUT2D eigenvalue weighted by molar-refractivity contribution is 0.214. The van der Waals surface area contributed by atoms with Crippen molar-refractivity contribution in [2.75, 3.05) is 45.3 Å². The molecule has 0 atom stereocenters. The lowest BCUT2D eigenvalue weighted by Gasteiger charge is -2.33. The number of ether oxygens (including phenoxy) is 1. The van der Waals surface area contributed by atoms with Gasteiger partial charge in [-0.25, -0.2) is 14.4 Å². The maximum absolute atomic E-state index is 14.6. The minimum absolute atomic E-state index is 0.0391. The van der Waals surface area contributed by atoms with E-state index in [-0.39, 0.29) is 12.5 Å². The molecule has 2 N–H and O–H groups in total. The molecule has 3 aromatic rings. The zero-order chi connectivity index (χ0) is 25.1. The van der Waals surface area contributed by atoms with Gasteiger partial charge >= 0.3 is 0 Å². The quantitative estimate of drug-likeness (QED) is 0.354. The maximum atomic E-state index is 14.6. The van der Waals surface area contributed by atoms with Crippen LogP contribution < -0.4 is 10.1 Å². The molecule has 1 aliphatic carbocycles.